The lowest BCUT2D eigenvalue weighted by Gasteiger charge is -2.47. The zero-order valence-corrected chi connectivity index (χ0v) is 24.5. The van der Waals surface area contributed by atoms with Crippen molar-refractivity contribution in [3.63, 3.8) is 0 Å². The van der Waals surface area contributed by atoms with Gasteiger partial charge in [-0.25, -0.2) is 4.79 Å². The minimum absolute atomic E-state index is 0.137. The van der Waals surface area contributed by atoms with Gasteiger partial charge in [0, 0.05) is 55.4 Å². The summed E-state index contributed by atoms with van der Waals surface area (Å²) in [4.78, 5) is 39.6. The van der Waals surface area contributed by atoms with Gasteiger partial charge in [0.1, 0.15) is 11.3 Å². The SMILES string of the molecule is Cc1c(Cc2ccccc2)c(=O)oc2cc(OCC(=O)NCCCCCC(=O)N3CC[C@]4(O)CCCC[C@@H]4C3)ccc12. The van der Waals surface area contributed by atoms with Crippen molar-refractivity contribution in [3.8, 4) is 5.75 Å². The van der Waals surface area contributed by atoms with E-state index < -0.39 is 5.60 Å². The van der Waals surface area contributed by atoms with Crippen LogP contribution in [-0.2, 0) is 16.0 Å². The molecule has 224 valence electrons. The van der Waals surface area contributed by atoms with E-state index in [4.69, 9.17) is 9.15 Å². The average Bonchev–Trinajstić information content (AvgIpc) is 2.99. The summed E-state index contributed by atoms with van der Waals surface area (Å²) in [6, 6.07) is 15.1. The van der Waals surface area contributed by atoms with E-state index in [0.29, 0.717) is 55.8 Å². The van der Waals surface area contributed by atoms with Crippen molar-refractivity contribution in [3.05, 3.63) is 75.6 Å². The van der Waals surface area contributed by atoms with Gasteiger partial charge in [-0.1, -0.05) is 49.6 Å². The predicted molar refractivity (Wildman–Crippen MR) is 162 cm³/mol. The molecule has 0 radical (unpaired) electrons. The number of likely N-dealkylation sites (tertiary alicyclic amines) is 1. The van der Waals surface area contributed by atoms with Crippen LogP contribution < -0.4 is 15.7 Å². The van der Waals surface area contributed by atoms with E-state index in [1.54, 1.807) is 12.1 Å². The van der Waals surface area contributed by atoms with Crippen LogP contribution in [0.1, 0.15) is 74.5 Å². The van der Waals surface area contributed by atoms with Crippen LogP contribution in [0, 0.1) is 12.8 Å². The molecule has 1 saturated heterocycles. The number of unbranched alkanes of at least 4 members (excludes halogenated alkanes) is 2. The molecule has 42 heavy (non-hydrogen) atoms. The zero-order valence-electron chi connectivity index (χ0n) is 24.5. The third kappa shape index (κ3) is 7.21. The fourth-order valence-electron chi connectivity index (χ4n) is 6.43. The van der Waals surface area contributed by atoms with Crippen LogP contribution in [0.4, 0.5) is 0 Å². The summed E-state index contributed by atoms with van der Waals surface area (Å²) in [5, 5.41) is 14.5. The van der Waals surface area contributed by atoms with Gasteiger partial charge in [0.15, 0.2) is 6.61 Å². The lowest BCUT2D eigenvalue weighted by atomic mass is 9.71. The maximum Gasteiger partial charge on any atom is 0.340 e. The van der Waals surface area contributed by atoms with Crippen LogP contribution in [0.3, 0.4) is 0 Å². The number of carbonyl (C=O) groups is 2. The molecule has 2 atom stereocenters. The van der Waals surface area contributed by atoms with Crippen molar-refractivity contribution in [1.29, 1.82) is 0 Å². The van der Waals surface area contributed by atoms with E-state index in [9.17, 15) is 19.5 Å². The Kier molecular flexibility index (Phi) is 9.62. The number of aryl methyl sites for hydroxylation is 1. The third-order valence-corrected chi connectivity index (χ3v) is 9.02. The van der Waals surface area contributed by atoms with Crippen LogP contribution >= 0.6 is 0 Å². The Labute approximate surface area is 247 Å². The second-order valence-corrected chi connectivity index (χ2v) is 11.9. The number of rotatable bonds is 11. The highest BCUT2D eigenvalue weighted by Crippen LogP contribution is 2.40. The van der Waals surface area contributed by atoms with E-state index in [2.05, 4.69) is 5.32 Å². The standard InChI is InChI=1S/C34H42N2O6/c1-24-28-15-14-27(21-30(28)42-33(39)29(24)20-25-10-4-2-5-11-25)41-23-31(37)35-18-9-3-6-13-32(38)36-19-17-34(40)16-8-7-12-26(34)22-36/h2,4-5,10-11,14-15,21,26,40H,3,6-9,12-13,16-20,22-23H2,1H3,(H,35,37)/t26-,34-/m1/s1. The molecule has 1 aromatic heterocycles. The molecule has 0 bridgehead atoms. The summed E-state index contributed by atoms with van der Waals surface area (Å²) >= 11 is 0. The number of nitrogens with zero attached hydrogens (tertiary/aromatic N) is 1. The first-order valence-electron chi connectivity index (χ1n) is 15.3. The van der Waals surface area contributed by atoms with E-state index in [0.717, 1.165) is 61.5 Å². The maximum absolute atomic E-state index is 12.7. The molecule has 2 amide bonds. The first-order valence-corrected chi connectivity index (χ1v) is 15.3. The van der Waals surface area contributed by atoms with Gasteiger partial charge in [0.25, 0.3) is 5.91 Å². The van der Waals surface area contributed by atoms with Crippen LogP contribution in [0.25, 0.3) is 11.0 Å². The number of ether oxygens (including phenoxy) is 1. The number of hydrogen-bond donors (Lipinski definition) is 2. The van der Waals surface area contributed by atoms with Gasteiger partial charge >= 0.3 is 5.63 Å². The number of piperidine rings is 1. The van der Waals surface area contributed by atoms with E-state index in [1.165, 1.54) is 0 Å². The number of hydrogen-bond acceptors (Lipinski definition) is 6. The van der Waals surface area contributed by atoms with Gasteiger partial charge in [-0.05, 0) is 62.3 Å². The fourth-order valence-corrected chi connectivity index (χ4v) is 6.43. The molecule has 1 aliphatic carbocycles. The van der Waals surface area contributed by atoms with E-state index in [1.807, 2.05) is 48.2 Å². The van der Waals surface area contributed by atoms with Gasteiger partial charge < -0.3 is 24.5 Å². The molecule has 8 nitrogen and oxygen atoms in total. The number of amides is 2. The predicted octanol–water partition coefficient (Wildman–Crippen LogP) is 4.90. The van der Waals surface area contributed by atoms with Crippen molar-refractivity contribution in [1.82, 2.24) is 10.2 Å². The summed E-state index contributed by atoms with van der Waals surface area (Å²) in [6.45, 7) is 3.64. The Bertz CT molecular complexity index is 1450. The van der Waals surface area contributed by atoms with Gasteiger partial charge in [-0.15, -0.1) is 0 Å². The molecule has 8 heteroatoms. The molecule has 2 N–H and O–H groups in total. The van der Waals surface area contributed by atoms with Crippen molar-refractivity contribution in [2.45, 2.75) is 76.7 Å². The molecule has 1 aliphatic heterocycles. The molecular formula is C34H42N2O6. The largest absolute Gasteiger partial charge is 0.484 e. The highest BCUT2D eigenvalue weighted by atomic mass is 16.5. The molecule has 0 unspecified atom stereocenters. The molecule has 2 heterocycles. The molecule has 3 aromatic rings. The van der Waals surface area contributed by atoms with Gasteiger partial charge in [0.05, 0.1) is 5.60 Å². The van der Waals surface area contributed by atoms with Crippen LogP contribution in [-0.4, -0.2) is 53.7 Å². The molecule has 2 aliphatic rings. The number of nitrogens with one attached hydrogen (secondary N) is 1. The quantitative estimate of drug-likeness (QED) is 0.249. The minimum Gasteiger partial charge on any atom is -0.484 e. The van der Waals surface area contributed by atoms with Crippen molar-refractivity contribution < 1.29 is 23.8 Å². The number of carbonyl (C=O) groups excluding carboxylic acids is 2. The maximum atomic E-state index is 12.7. The summed E-state index contributed by atoms with van der Waals surface area (Å²) in [7, 11) is 0. The Morgan fingerprint density at radius 1 is 1.10 bits per heavy atom. The van der Waals surface area contributed by atoms with Crippen molar-refractivity contribution in [2.24, 2.45) is 5.92 Å². The van der Waals surface area contributed by atoms with Gasteiger partial charge in [-0.2, -0.15) is 0 Å². The lowest BCUT2D eigenvalue weighted by molar-refractivity contribution is -0.143. The molecule has 1 saturated carbocycles. The molecular weight excluding hydrogens is 532 g/mol. The Balaban J connectivity index is 1.01. The summed E-state index contributed by atoms with van der Waals surface area (Å²) < 4.78 is 11.3. The monoisotopic (exact) mass is 574 g/mol. The third-order valence-electron chi connectivity index (χ3n) is 9.02. The lowest BCUT2D eigenvalue weighted by Crippen LogP contribution is -2.54. The zero-order chi connectivity index (χ0) is 29.5. The van der Waals surface area contributed by atoms with E-state index >= 15 is 0 Å². The molecule has 0 spiro atoms. The second kappa shape index (κ2) is 13.6. The topological polar surface area (TPSA) is 109 Å². The van der Waals surface area contributed by atoms with Gasteiger partial charge in [0.2, 0.25) is 5.91 Å². The normalized spacial score (nSPS) is 20.2. The van der Waals surface area contributed by atoms with Crippen LogP contribution in [0.5, 0.6) is 5.75 Å². The highest BCUT2D eigenvalue weighted by molar-refractivity contribution is 5.83. The first kappa shape index (κ1) is 29.8. The summed E-state index contributed by atoms with van der Waals surface area (Å²) in [5.74, 6) is 0.625. The Morgan fingerprint density at radius 2 is 1.93 bits per heavy atom. The van der Waals surface area contributed by atoms with Crippen LogP contribution in [0.15, 0.2) is 57.7 Å². The smallest absolute Gasteiger partial charge is 0.340 e. The van der Waals surface area contributed by atoms with E-state index in [-0.39, 0.29) is 30.0 Å². The van der Waals surface area contributed by atoms with Crippen LogP contribution in [0.2, 0.25) is 0 Å². The average molecular weight is 575 g/mol. The number of aliphatic hydroxyl groups is 1. The van der Waals surface area contributed by atoms with Gasteiger partial charge in [-0.3, -0.25) is 9.59 Å². The Morgan fingerprint density at radius 3 is 2.76 bits per heavy atom. The minimum atomic E-state index is -0.563. The Hall–Kier alpha value is -3.65. The highest BCUT2D eigenvalue weighted by Gasteiger charge is 2.43. The van der Waals surface area contributed by atoms with Crippen molar-refractivity contribution >= 4 is 22.8 Å². The fraction of sp³-hybridized carbons (Fsp3) is 0.500. The number of fused-ring (bicyclic) bond motifs is 2. The van der Waals surface area contributed by atoms with Crippen molar-refractivity contribution in [2.75, 3.05) is 26.2 Å². The summed E-state index contributed by atoms with van der Waals surface area (Å²) in [5.41, 5.74) is 2.06. The second-order valence-electron chi connectivity index (χ2n) is 11.9. The summed E-state index contributed by atoms with van der Waals surface area (Å²) in [6.07, 6.45) is 8.23. The molecule has 2 aromatic carbocycles. The molecule has 5 rings (SSSR count). The molecule has 2 fully saturated rings. The first-order chi connectivity index (χ1) is 20.3. The number of benzene rings is 2.